The van der Waals surface area contributed by atoms with Gasteiger partial charge in [0.15, 0.2) is 0 Å². The number of aliphatic hydroxyl groups is 1. The summed E-state index contributed by atoms with van der Waals surface area (Å²) in [5, 5.41) is 24.3. The standard InChI is InChI=1S/C15H22FN3O3/c1-15(2,10-20)14(18-7-5-17-6-8-18)12-9-11(16)3-4-13(12)19(21)22/h3-4,9,14,17,20H,5-8,10H2,1-2H3/t14-/m0/s1. The fourth-order valence-electron chi connectivity index (χ4n) is 3.05. The molecule has 0 spiro atoms. The van der Waals surface area contributed by atoms with Gasteiger partial charge in [-0.25, -0.2) is 4.39 Å². The second-order valence-electron chi connectivity index (χ2n) is 6.30. The average Bonchev–Trinajstić information content (AvgIpc) is 2.48. The molecule has 0 aliphatic carbocycles. The molecule has 0 amide bonds. The van der Waals surface area contributed by atoms with E-state index in [-0.39, 0.29) is 12.3 Å². The largest absolute Gasteiger partial charge is 0.396 e. The van der Waals surface area contributed by atoms with Crippen molar-refractivity contribution in [1.29, 1.82) is 0 Å². The molecule has 1 aliphatic heterocycles. The third-order valence-corrected chi connectivity index (χ3v) is 4.15. The van der Waals surface area contributed by atoms with E-state index >= 15 is 0 Å². The molecule has 1 aromatic rings. The van der Waals surface area contributed by atoms with Gasteiger partial charge in [0.05, 0.1) is 10.5 Å². The lowest BCUT2D eigenvalue weighted by Crippen LogP contribution is -2.49. The van der Waals surface area contributed by atoms with E-state index in [0.717, 1.165) is 19.2 Å². The van der Waals surface area contributed by atoms with Crippen LogP contribution in [0.2, 0.25) is 0 Å². The first-order chi connectivity index (χ1) is 10.4. The number of aliphatic hydroxyl groups excluding tert-OH is 1. The molecule has 0 radical (unpaired) electrons. The van der Waals surface area contributed by atoms with Crippen LogP contribution >= 0.6 is 0 Å². The van der Waals surface area contributed by atoms with E-state index in [1.54, 1.807) is 0 Å². The molecule has 1 saturated heterocycles. The highest BCUT2D eigenvalue weighted by atomic mass is 19.1. The average molecular weight is 311 g/mol. The summed E-state index contributed by atoms with van der Waals surface area (Å²) < 4.78 is 13.7. The molecule has 22 heavy (non-hydrogen) atoms. The molecular weight excluding hydrogens is 289 g/mol. The number of nitrogens with one attached hydrogen (secondary N) is 1. The van der Waals surface area contributed by atoms with Crippen LogP contribution < -0.4 is 5.32 Å². The summed E-state index contributed by atoms with van der Waals surface area (Å²) in [6.45, 7) is 6.46. The third kappa shape index (κ3) is 3.43. The van der Waals surface area contributed by atoms with Crippen molar-refractivity contribution in [2.45, 2.75) is 19.9 Å². The van der Waals surface area contributed by atoms with Crippen molar-refractivity contribution >= 4 is 5.69 Å². The predicted molar refractivity (Wildman–Crippen MR) is 81.1 cm³/mol. The minimum absolute atomic E-state index is 0.105. The summed E-state index contributed by atoms with van der Waals surface area (Å²) >= 11 is 0. The normalized spacial score (nSPS) is 18.2. The Morgan fingerprint density at radius 2 is 2.09 bits per heavy atom. The first kappa shape index (κ1) is 16.8. The summed E-state index contributed by atoms with van der Waals surface area (Å²) in [4.78, 5) is 12.9. The number of rotatable bonds is 5. The van der Waals surface area contributed by atoms with Crippen LogP contribution in [-0.2, 0) is 0 Å². The number of nitro groups is 1. The van der Waals surface area contributed by atoms with Crippen molar-refractivity contribution in [2.75, 3.05) is 32.8 Å². The number of halogens is 1. The molecule has 7 heteroatoms. The number of hydrogen-bond donors (Lipinski definition) is 2. The predicted octanol–water partition coefficient (Wildman–Crippen LogP) is 1.70. The highest BCUT2D eigenvalue weighted by Gasteiger charge is 2.39. The van der Waals surface area contributed by atoms with Crippen LogP contribution in [0, 0.1) is 21.3 Å². The maximum Gasteiger partial charge on any atom is 0.274 e. The lowest BCUT2D eigenvalue weighted by atomic mass is 9.79. The molecule has 122 valence electrons. The van der Waals surface area contributed by atoms with Crippen molar-refractivity contribution in [2.24, 2.45) is 5.41 Å². The van der Waals surface area contributed by atoms with Gasteiger partial charge in [0, 0.05) is 50.3 Å². The van der Waals surface area contributed by atoms with Gasteiger partial charge in [0.25, 0.3) is 5.69 Å². The first-order valence-electron chi connectivity index (χ1n) is 7.36. The molecule has 1 fully saturated rings. The number of nitro benzene ring substituents is 1. The van der Waals surface area contributed by atoms with Gasteiger partial charge in [-0.05, 0) is 12.1 Å². The van der Waals surface area contributed by atoms with E-state index in [9.17, 15) is 19.6 Å². The smallest absolute Gasteiger partial charge is 0.274 e. The molecule has 1 aromatic carbocycles. The zero-order chi connectivity index (χ0) is 16.3. The molecule has 0 bridgehead atoms. The second kappa shape index (κ2) is 6.68. The zero-order valence-electron chi connectivity index (χ0n) is 12.9. The fraction of sp³-hybridized carbons (Fsp3) is 0.600. The number of piperazine rings is 1. The molecule has 2 N–H and O–H groups in total. The van der Waals surface area contributed by atoms with Crippen LogP contribution in [0.5, 0.6) is 0 Å². The Kier molecular flexibility index (Phi) is 5.10. The SMILES string of the molecule is CC(C)(CO)[C@H](c1cc(F)ccc1[N+](=O)[O-])N1CCNCC1. The maximum atomic E-state index is 13.7. The Balaban J connectivity index is 2.53. The molecular formula is C15H22FN3O3. The molecule has 2 rings (SSSR count). The molecule has 1 aliphatic rings. The second-order valence-corrected chi connectivity index (χ2v) is 6.30. The summed E-state index contributed by atoms with van der Waals surface area (Å²) in [6, 6.07) is 3.11. The van der Waals surface area contributed by atoms with Crippen LogP contribution in [0.4, 0.5) is 10.1 Å². The third-order valence-electron chi connectivity index (χ3n) is 4.15. The van der Waals surface area contributed by atoms with Crippen molar-refractivity contribution in [3.05, 3.63) is 39.7 Å². The van der Waals surface area contributed by atoms with Crippen molar-refractivity contribution in [3.63, 3.8) is 0 Å². The Labute approximate surface area is 129 Å². The van der Waals surface area contributed by atoms with Crippen LogP contribution in [0.3, 0.4) is 0 Å². The number of benzene rings is 1. The van der Waals surface area contributed by atoms with E-state index < -0.39 is 22.2 Å². The van der Waals surface area contributed by atoms with Gasteiger partial charge in [-0.2, -0.15) is 0 Å². The maximum absolute atomic E-state index is 13.7. The van der Waals surface area contributed by atoms with Crippen LogP contribution in [0.1, 0.15) is 25.5 Å². The molecule has 0 unspecified atom stereocenters. The van der Waals surface area contributed by atoms with Crippen molar-refractivity contribution in [1.82, 2.24) is 10.2 Å². The van der Waals surface area contributed by atoms with Gasteiger partial charge in [-0.3, -0.25) is 15.0 Å². The van der Waals surface area contributed by atoms with Gasteiger partial charge in [0.1, 0.15) is 5.82 Å². The summed E-state index contributed by atoms with van der Waals surface area (Å²) in [6.07, 6.45) is 0. The van der Waals surface area contributed by atoms with Gasteiger partial charge < -0.3 is 10.4 Å². The zero-order valence-corrected chi connectivity index (χ0v) is 12.9. The Bertz CT molecular complexity index is 545. The highest BCUT2D eigenvalue weighted by Crippen LogP contribution is 2.42. The monoisotopic (exact) mass is 311 g/mol. The Hall–Kier alpha value is -1.57. The van der Waals surface area contributed by atoms with E-state index in [2.05, 4.69) is 10.2 Å². The molecule has 6 nitrogen and oxygen atoms in total. The van der Waals surface area contributed by atoms with Crippen molar-refractivity contribution < 1.29 is 14.4 Å². The van der Waals surface area contributed by atoms with Crippen LogP contribution in [0.25, 0.3) is 0 Å². The number of hydrogen-bond acceptors (Lipinski definition) is 5. The quantitative estimate of drug-likeness (QED) is 0.639. The van der Waals surface area contributed by atoms with Gasteiger partial charge in [0.2, 0.25) is 0 Å². The molecule has 0 saturated carbocycles. The van der Waals surface area contributed by atoms with Crippen LogP contribution in [-0.4, -0.2) is 47.7 Å². The topological polar surface area (TPSA) is 78.6 Å². The summed E-state index contributed by atoms with van der Waals surface area (Å²) in [5.41, 5.74) is -0.409. The highest BCUT2D eigenvalue weighted by molar-refractivity contribution is 5.43. The first-order valence-corrected chi connectivity index (χ1v) is 7.36. The Morgan fingerprint density at radius 1 is 1.45 bits per heavy atom. The molecule has 1 atom stereocenters. The summed E-state index contributed by atoms with van der Waals surface area (Å²) in [5.74, 6) is -0.505. The van der Waals surface area contributed by atoms with Crippen molar-refractivity contribution in [3.8, 4) is 0 Å². The molecule has 1 heterocycles. The van der Waals surface area contributed by atoms with Gasteiger partial charge in [-0.1, -0.05) is 13.8 Å². The van der Waals surface area contributed by atoms with E-state index in [0.29, 0.717) is 18.7 Å². The van der Waals surface area contributed by atoms with Crippen LogP contribution in [0.15, 0.2) is 18.2 Å². The molecule has 0 aromatic heterocycles. The fourth-order valence-corrected chi connectivity index (χ4v) is 3.05. The summed E-state index contributed by atoms with van der Waals surface area (Å²) in [7, 11) is 0. The van der Waals surface area contributed by atoms with E-state index in [1.807, 2.05) is 13.8 Å². The lowest BCUT2D eigenvalue weighted by molar-refractivity contribution is -0.386. The minimum atomic E-state index is -0.629. The Morgan fingerprint density at radius 3 is 2.64 bits per heavy atom. The minimum Gasteiger partial charge on any atom is -0.396 e. The van der Waals surface area contributed by atoms with Gasteiger partial charge in [-0.15, -0.1) is 0 Å². The van der Waals surface area contributed by atoms with E-state index in [4.69, 9.17) is 0 Å². The van der Waals surface area contributed by atoms with E-state index in [1.165, 1.54) is 12.1 Å². The lowest BCUT2D eigenvalue weighted by Gasteiger charge is -2.43. The number of nitrogens with zero attached hydrogens (tertiary/aromatic N) is 2. The van der Waals surface area contributed by atoms with Gasteiger partial charge >= 0.3 is 0 Å².